The molecular weight excluding hydrogens is 707 g/mol. The van der Waals surface area contributed by atoms with Crippen molar-refractivity contribution in [1.29, 1.82) is 0 Å². The largest absolute Gasteiger partial charge is 0.479 e. The van der Waals surface area contributed by atoms with E-state index in [1.807, 2.05) is 0 Å². The van der Waals surface area contributed by atoms with Gasteiger partial charge in [0, 0.05) is 31.8 Å². The zero-order chi connectivity index (χ0) is 40.0. The number of likely N-dealkylation sites (tertiary alicyclic amines) is 1. The third-order valence-corrected chi connectivity index (χ3v) is 20.1. The van der Waals surface area contributed by atoms with Gasteiger partial charge in [0.25, 0.3) is 0 Å². The smallest absolute Gasteiger partial charge is 0.329 e. The van der Waals surface area contributed by atoms with Crippen LogP contribution in [0.1, 0.15) is 138 Å². The fourth-order valence-electron chi connectivity index (χ4n) is 15.4. The molecule has 10 unspecified atom stereocenters. The number of carbonyl (C=O) groups is 2. The molecule has 9 heteroatoms. The molecule has 7 aliphatic rings. The second kappa shape index (κ2) is 14.1. The summed E-state index contributed by atoms with van der Waals surface area (Å²) in [5.41, 5.74) is 3.72. The Bertz CT molecular complexity index is 1740. The second-order valence-electron chi connectivity index (χ2n) is 21.2. The molecule has 6 aliphatic carbocycles. The highest BCUT2D eigenvalue weighted by Crippen LogP contribution is 2.76. The van der Waals surface area contributed by atoms with Crippen molar-refractivity contribution in [2.24, 2.45) is 51.2 Å². The van der Waals surface area contributed by atoms with E-state index in [-0.39, 0.29) is 38.4 Å². The van der Waals surface area contributed by atoms with Gasteiger partial charge in [0.15, 0.2) is 0 Å². The van der Waals surface area contributed by atoms with Crippen LogP contribution in [0.15, 0.2) is 35.5 Å². The van der Waals surface area contributed by atoms with Crippen LogP contribution in [0.2, 0.25) is 0 Å². The van der Waals surface area contributed by atoms with E-state index in [1.54, 1.807) is 0 Å². The summed E-state index contributed by atoms with van der Waals surface area (Å²) in [6.07, 6.45) is 20.1. The van der Waals surface area contributed by atoms with Crippen LogP contribution in [0.5, 0.6) is 0 Å². The summed E-state index contributed by atoms with van der Waals surface area (Å²) in [6, 6.07) is 0. The molecule has 1 saturated heterocycles. The molecule has 0 aromatic heterocycles. The fourth-order valence-corrected chi connectivity index (χ4v) is 16.5. The van der Waals surface area contributed by atoms with Gasteiger partial charge in [-0.1, -0.05) is 58.9 Å². The summed E-state index contributed by atoms with van der Waals surface area (Å²) >= 11 is 0. The maximum atomic E-state index is 12.3. The summed E-state index contributed by atoms with van der Waals surface area (Å²) in [5, 5.41) is 17.0. The summed E-state index contributed by atoms with van der Waals surface area (Å²) < 4.78 is 24.3. The Morgan fingerprint density at radius 1 is 0.873 bits per heavy atom. The van der Waals surface area contributed by atoms with Crippen molar-refractivity contribution >= 4 is 21.7 Å². The van der Waals surface area contributed by atoms with Crippen molar-refractivity contribution < 1.29 is 23.1 Å². The number of piperidine rings is 1. The number of hydrogen-bond donors (Lipinski definition) is 3. The Hall–Kier alpha value is -1.97. The maximum absolute atomic E-state index is 12.3. The highest BCUT2D eigenvalue weighted by molar-refractivity contribution is 7.91. The van der Waals surface area contributed by atoms with E-state index in [4.69, 9.17) is 0 Å². The van der Waals surface area contributed by atoms with E-state index in [0.717, 1.165) is 45.4 Å². The van der Waals surface area contributed by atoms with Crippen molar-refractivity contribution in [3.05, 3.63) is 35.5 Å². The monoisotopic (exact) mass is 780 g/mol. The predicted molar refractivity (Wildman–Crippen MR) is 221 cm³/mol. The van der Waals surface area contributed by atoms with Gasteiger partial charge >= 0.3 is 5.97 Å². The molecule has 8 nitrogen and oxygen atoms in total. The lowest BCUT2D eigenvalue weighted by Gasteiger charge is -2.72. The van der Waals surface area contributed by atoms with Gasteiger partial charge in [0.2, 0.25) is 5.91 Å². The molecule has 3 N–H and O–H groups in total. The van der Waals surface area contributed by atoms with Crippen molar-refractivity contribution in [2.45, 2.75) is 155 Å². The number of rotatable bonds is 9. The van der Waals surface area contributed by atoms with Gasteiger partial charge in [0.1, 0.15) is 15.4 Å². The van der Waals surface area contributed by atoms with Crippen LogP contribution in [-0.2, 0) is 19.4 Å². The number of amides is 1. The second-order valence-corrected chi connectivity index (χ2v) is 23.5. The number of carboxylic acids is 1. The normalized spacial score (nSPS) is 43.2. The van der Waals surface area contributed by atoms with Crippen molar-refractivity contribution in [1.82, 2.24) is 15.5 Å². The van der Waals surface area contributed by atoms with Crippen LogP contribution in [-0.4, -0.2) is 79.1 Å². The van der Waals surface area contributed by atoms with Gasteiger partial charge in [-0.15, -0.1) is 0 Å². The average molecular weight is 780 g/mol. The molecule has 1 aliphatic heterocycles. The molecule has 0 aromatic carbocycles. The zero-order valence-corrected chi connectivity index (χ0v) is 36.3. The summed E-state index contributed by atoms with van der Waals surface area (Å²) in [5.74, 6) is 1.81. The molecule has 1 heterocycles. The molecule has 1 amide bonds. The number of carboxylic acid groups (broad SMARTS) is 1. The van der Waals surface area contributed by atoms with E-state index in [9.17, 15) is 23.1 Å². The molecule has 308 valence electrons. The van der Waals surface area contributed by atoms with Crippen LogP contribution in [0.25, 0.3) is 0 Å². The molecule has 0 aromatic rings. The molecule has 4 saturated carbocycles. The third-order valence-electron chi connectivity index (χ3n) is 18.4. The van der Waals surface area contributed by atoms with Crippen molar-refractivity contribution in [2.75, 3.05) is 32.4 Å². The number of hydrogen-bond acceptors (Lipinski definition) is 6. The number of allylic oxidation sites excluding steroid dienone is 4. The van der Waals surface area contributed by atoms with Gasteiger partial charge in [-0.2, -0.15) is 0 Å². The lowest BCUT2D eigenvalue weighted by atomic mass is 9.33. The molecule has 55 heavy (non-hydrogen) atoms. The third kappa shape index (κ3) is 6.55. The van der Waals surface area contributed by atoms with Gasteiger partial charge in [-0.05, 0) is 172 Å². The van der Waals surface area contributed by atoms with Crippen LogP contribution >= 0.6 is 0 Å². The zero-order valence-electron chi connectivity index (χ0n) is 35.5. The van der Waals surface area contributed by atoms with Crippen LogP contribution in [0.3, 0.4) is 0 Å². The van der Waals surface area contributed by atoms with E-state index < -0.39 is 21.3 Å². The topological polar surface area (TPSA) is 116 Å². The first-order valence-electron chi connectivity index (χ1n) is 21.9. The number of sulfone groups is 1. The predicted octanol–water partition coefficient (Wildman–Crippen LogP) is 8.10. The van der Waals surface area contributed by atoms with Gasteiger partial charge in [-0.25, -0.2) is 13.2 Å². The average Bonchev–Trinajstić information content (AvgIpc) is 3.48. The minimum Gasteiger partial charge on any atom is -0.479 e. The van der Waals surface area contributed by atoms with E-state index in [0.29, 0.717) is 48.9 Å². The molecule has 10 atom stereocenters. The molecular formula is C46H73N3O5S. The van der Waals surface area contributed by atoms with E-state index in [2.05, 4.69) is 75.8 Å². The number of nitrogens with one attached hydrogen (secondary N) is 2. The lowest BCUT2D eigenvalue weighted by Crippen LogP contribution is -2.68. The quantitative estimate of drug-likeness (QED) is 0.203. The van der Waals surface area contributed by atoms with E-state index >= 15 is 0 Å². The Morgan fingerprint density at radius 2 is 1.58 bits per heavy atom. The summed E-state index contributed by atoms with van der Waals surface area (Å²) in [7, 11) is -2.96. The fraction of sp³-hybridized carbons (Fsp3) is 0.826. The number of nitrogens with zero attached hydrogens (tertiary/aromatic N) is 1. The maximum Gasteiger partial charge on any atom is 0.329 e. The standard InChI is InChI=1S/C46H73N3O5S/c1-30(2)34-14-23-45(47-26-29-49-27-17-33(18-28-49)55(9,53)54)25-24-43(7)36(39(34)45)10-11-38-42(6)19-15-35(41(4,5)37(42)16-20-44(38,43)8)32-12-21-46(22-13-32,40(51)52)48-31(3)50/h12,15,33-34,36-39,47H,1,10-11,13-14,16-29H2,2-9H3,(H,48,50)(H,51,52). The first kappa shape index (κ1) is 41.2. The van der Waals surface area contributed by atoms with Crippen LogP contribution in [0.4, 0.5) is 0 Å². The molecule has 0 radical (unpaired) electrons. The van der Waals surface area contributed by atoms with Crippen molar-refractivity contribution in [3.63, 3.8) is 0 Å². The number of fused-ring (bicyclic) bond motifs is 7. The Morgan fingerprint density at radius 3 is 2.18 bits per heavy atom. The molecule has 0 bridgehead atoms. The highest BCUT2D eigenvalue weighted by atomic mass is 32.2. The van der Waals surface area contributed by atoms with E-state index in [1.165, 1.54) is 81.3 Å². The molecule has 0 spiro atoms. The number of carbonyl (C=O) groups excluding carboxylic acids is 1. The summed E-state index contributed by atoms with van der Waals surface area (Å²) in [4.78, 5) is 26.8. The van der Waals surface area contributed by atoms with Gasteiger partial charge in [-0.3, -0.25) is 4.79 Å². The number of aliphatic carboxylic acids is 1. The van der Waals surface area contributed by atoms with Gasteiger partial charge < -0.3 is 20.6 Å². The molecule has 5 fully saturated rings. The minimum absolute atomic E-state index is 0.0165. The first-order valence-corrected chi connectivity index (χ1v) is 23.8. The Labute approximate surface area is 333 Å². The van der Waals surface area contributed by atoms with Crippen molar-refractivity contribution in [3.8, 4) is 0 Å². The minimum atomic E-state index is -2.96. The Balaban J connectivity index is 1.10. The Kier molecular flexibility index (Phi) is 10.6. The first-order chi connectivity index (χ1) is 25.6. The molecule has 7 rings (SSSR count). The van der Waals surface area contributed by atoms with Gasteiger partial charge in [0.05, 0.1) is 5.25 Å². The van der Waals surface area contributed by atoms with Crippen LogP contribution in [0, 0.1) is 51.2 Å². The SMILES string of the molecule is C=C(C)C1CCC2(NCCN3CCC(S(C)(=O)=O)CC3)CCC3(C)C(CCC4C5(C)CC=C(C6=CCC(NC(C)=O)(C(=O)O)CC6)C(C)(C)C5CCC43C)C12. The summed E-state index contributed by atoms with van der Waals surface area (Å²) in [6.45, 7) is 25.0. The highest BCUT2D eigenvalue weighted by Gasteiger charge is 2.70. The van der Waals surface area contributed by atoms with Crippen LogP contribution < -0.4 is 10.6 Å². The lowest BCUT2D eigenvalue weighted by molar-refractivity contribution is -0.221.